The zero-order chi connectivity index (χ0) is 25.9. The predicted molar refractivity (Wildman–Crippen MR) is 150 cm³/mol. The Hall–Kier alpha value is -0.970. The molecular weight excluding hydrogens is 456 g/mol. The van der Waals surface area contributed by atoms with Crippen molar-refractivity contribution in [1.29, 1.82) is 0 Å². The molecule has 2 aliphatic heterocycles. The van der Waals surface area contributed by atoms with Crippen LogP contribution in [0.1, 0.15) is 105 Å². The molecule has 0 aromatic carbocycles. The van der Waals surface area contributed by atoms with Crippen LogP contribution in [0.15, 0.2) is 22.8 Å². The Bertz CT molecular complexity index is 969. The summed E-state index contributed by atoms with van der Waals surface area (Å²) in [5.74, 6) is 3.95. The average Bonchev–Trinajstić information content (AvgIpc) is 3.39. The van der Waals surface area contributed by atoms with Gasteiger partial charge in [-0.3, -0.25) is 9.69 Å². The Morgan fingerprint density at radius 2 is 1.97 bits per heavy atom. The summed E-state index contributed by atoms with van der Waals surface area (Å²) in [6.45, 7) is 13.2. The average molecular weight is 509 g/mol. The summed E-state index contributed by atoms with van der Waals surface area (Å²) in [6, 6.07) is 0.566. The van der Waals surface area contributed by atoms with E-state index in [1.54, 1.807) is 11.1 Å². The van der Waals surface area contributed by atoms with Crippen molar-refractivity contribution < 1.29 is 9.53 Å². The number of nitrogens with two attached hydrogens (primary N) is 1. The lowest BCUT2D eigenvalue weighted by molar-refractivity contribution is -0.121. The maximum Gasteiger partial charge on any atom is 0.136 e. The zero-order valence-corrected chi connectivity index (χ0v) is 24.1. The van der Waals surface area contributed by atoms with Crippen LogP contribution in [0.5, 0.6) is 0 Å². The van der Waals surface area contributed by atoms with Gasteiger partial charge >= 0.3 is 0 Å². The first kappa shape index (κ1) is 26.3. The van der Waals surface area contributed by atoms with Crippen LogP contribution in [0.2, 0.25) is 0 Å². The van der Waals surface area contributed by atoms with E-state index in [9.17, 15) is 4.79 Å². The summed E-state index contributed by atoms with van der Waals surface area (Å²) in [6.07, 6.45) is 16.6. The highest BCUT2D eigenvalue weighted by Crippen LogP contribution is 2.65. The Balaban J connectivity index is 1.24. The Morgan fingerprint density at radius 3 is 2.78 bits per heavy atom. The summed E-state index contributed by atoms with van der Waals surface area (Å²) < 4.78 is 7.30. The number of allylic oxidation sites excluding steroid dienone is 3. The van der Waals surface area contributed by atoms with Gasteiger partial charge in [-0.2, -0.15) is 0 Å². The number of likely N-dealkylation sites (tertiary alicyclic amines) is 1. The van der Waals surface area contributed by atoms with Gasteiger partial charge in [0.1, 0.15) is 5.78 Å². The van der Waals surface area contributed by atoms with Crippen molar-refractivity contribution in [3.63, 3.8) is 0 Å². The highest BCUT2D eigenvalue weighted by atomic mass is 16.5. The normalized spacial score (nSPS) is 45.5. The monoisotopic (exact) mass is 508 g/mol. The van der Waals surface area contributed by atoms with Crippen molar-refractivity contribution in [3.8, 4) is 0 Å². The molecule has 0 aromatic rings. The number of hydrogen-bond acceptors (Lipinski definition) is 4. The van der Waals surface area contributed by atoms with Gasteiger partial charge in [0, 0.05) is 31.3 Å². The third kappa shape index (κ3) is 4.14. The molecule has 4 fully saturated rings. The third-order valence-corrected chi connectivity index (χ3v) is 12.4. The van der Waals surface area contributed by atoms with E-state index < -0.39 is 0 Å². The first-order chi connectivity index (χ1) is 17.8. The molecule has 4 aliphatic carbocycles. The number of unbranched alkanes of at least 4 members (excludes halogenated alkanes) is 3. The number of ether oxygens (including phenoxy) is 1. The maximum absolute atomic E-state index is 12.3. The summed E-state index contributed by atoms with van der Waals surface area (Å²) >= 11 is 0. The molecule has 6 aliphatic rings. The third-order valence-electron chi connectivity index (χ3n) is 12.4. The standard InChI is InChI=1S/C33H52N2O2/c1-21-17-30-31(35(20-21)16-8-6-5-7-15-34)23(3)33(37-30)14-12-26-27-10-9-24-18-25(36)11-13-32(24,4)29(27)19-28(26)22(33)2/h9,21,23,26-27,29-31H,5-8,10-20,34H2,1-4H3/t21-,23+,26-,27-,29-,30+,31?,32-,33-/m0/s1. The van der Waals surface area contributed by atoms with Gasteiger partial charge in [-0.05, 0) is 106 Å². The first-order valence-corrected chi connectivity index (χ1v) is 15.8. The van der Waals surface area contributed by atoms with Crippen molar-refractivity contribution in [2.24, 2.45) is 40.7 Å². The summed E-state index contributed by atoms with van der Waals surface area (Å²) in [7, 11) is 0. The van der Waals surface area contributed by atoms with Crippen LogP contribution in [-0.2, 0) is 9.53 Å². The predicted octanol–water partition coefficient (Wildman–Crippen LogP) is 6.44. The van der Waals surface area contributed by atoms with E-state index in [0.717, 1.165) is 50.0 Å². The van der Waals surface area contributed by atoms with Crippen molar-refractivity contribution in [2.75, 3.05) is 19.6 Å². The number of carbonyl (C=O) groups is 1. The Labute approximate surface area is 225 Å². The van der Waals surface area contributed by atoms with E-state index in [1.807, 2.05) is 0 Å². The SMILES string of the molecule is CC1=C2C[C@H]3[C@@H](CC=C4CC(=O)CC[C@@]43C)[C@@H]2CC[C@]12O[C@@H]1C[C@H](C)CN(CCCCCCN)C1[C@H]2C. The van der Waals surface area contributed by atoms with Gasteiger partial charge in [0.25, 0.3) is 0 Å². The first-order valence-electron chi connectivity index (χ1n) is 15.8. The summed E-state index contributed by atoms with van der Waals surface area (Å²) in [5, 5.41) is 0. The topological polar surface area (TPSA) is 55.6 Å². The smallest absolute Gasteiger partial charge is 0.136 e. The van der Waals surface area contributed by atoms with Gasteiger partial charge in [-0.25, -0.2) is 0 Å². The maximum atomic E-state index is 12.3. The Morgan fingerprint density at radius 1 is 1.16 bits per heavy atom. The van der Waals surface area contributed by atoms with E-state index in [1.165, 1.54) is 70.0 Å². The molecule has 0 radical (unpaired) electrons. The molecule has 6 rings (SSSR count). The van der Waals surface area contributed by atoms with Crippen LogP contribution in [0.3, 0.4) is 0 Å². The van der Waals surface area contributed by atoms with Crippen LogP contribution < -0.4 is 5.73 Å². The Kier molecular flexibility index (Phi) is 7.02. The lowest BCUT2D eigenvalue weighted by atomic mass is 9.57. The molecule has 1 spiro atoms. The molecule has 0 amide bonds. The minimum absolute atomic E-state index is 0.0593. The van der Waals surface area contributed by atoms with Crippen LogP contribution in [-0.4, -0.2) is 48.1 Å². The minimum atomic E-state index is -0.0593. The number of hydrogen-bond donors (Lipinski definition) is 1. The van der Waals surface area contributed by atoms with Crippen LogP contribution >= 0.6 is 0 Å². The molecule has 9 atom stereocenters. The van der Waals surface area contributed by atoms with Gasteiger partial charge in [0.2, 0.25) is 0 Å². The zero-order valence-electron chi connectivity index (χ0n) is 24.1. The lowest BCUT2D eigenvalue weighted by Gasteiger charge is -2.47. The molecule has 4 heteroatoms. The molecule has 2 N–H and O–H groups in total. The van der Waals surface area contributed by atoms with E-state index in [-0.39, 0.29) is 11.0 Å². The number of ketones is 1. The number of carbonyl (C=O) groups excluding carboxylic acids is 1. The number of nitrogens with zero attached hydrogens (tertiary/aromatic N) is 1. The molecule has 37 heavy (non-hydrogen) atoms. The fourth-order valence-corrected chi connectivity index (χ4v) is 10.4. The molecule has 206 valence electrons. The number of rotatable bonds is 6. The minimum Gasteiger partial charge on any atom is -0.365 e. The largest absolute Gasteiger partial charge is 0.365 e. The van der Waals surface area contributed by atoms with Crippen LogP contribution in [0.4, 0.5) is 0 Å². The fraction of sp³-hybridized carbons (Fsp3) is 0.848. The second-order valence-electron chi connectivity index (χ2n) is 14.2. The van der Waals surface area contributed by atoms with Gasteiger partial charge < -0.3 is 10.5 Å². The molecule has 2 saturated heterocycles. The molecule has 0 aromatic heterocycles. The highest BCUT2D eigenvalue weighted by Gasteiger charge is 2.61. The second-order valence-corrected chi connectivity index (χ2v) is 14.2. The van der Waals surface area contributed by atoms with E-state index in [4.69, 9.17) is 10.5 Å². The number of piperidine rings is 1. The van der Waals surface area contributed by atoms with Crippen molar-refractivity contribution in [1.82, 2.24) is 4.90 Å². The molecule has 2 heterocycles. The van der Waals surface area contributed by atoms with E-state index in [0.29, 0.717) is 29.8 Å². The van der Waals surface area contributed by atoms with E-state index in [2.05, 4.69) is 38.7 Å². The molecule has 2 saturated carbocycles. The molecule has 0 bridgehead atoms. The molecular formula is C33H52N2O2. The summed E-state index contributed by atoms with van der Waals surface area (Å²) in [5.41, 5.74) is 10.8. The second kappa shape index (κ2) is 9.89. The van der Waals surface area contributed by atoms with Gasteiger partial charge in [0.05, 0.1) is 11.7 Å². The van der Waals surface area contributed by atoms with E-state index >= 15 is 0 Å². The fourth-order valence-electron chi connectivity index (χ4n) is 10.4. The lowest BCUT2D eigenvalue weighted by Crippen LogP contribution is -2.52. The highest BCUT2D eigenvalue weighted by molar-refractivity contribution is 5.82. The van der Waals surface area contributed by atoms with Crippen LogP contribution in [0.25, 0.3) is 0 Å². The quantitative estimate of drug-likeness (QED) is 0.331. The molecule has 4 nitrogen and oxygen atoms in total. The van der Waals surface area contributed by atoms with Gasteiger partial charge in [-0.1, -0.05) is 50.8 Å². The van der Waals surface area contributed by atoms with Gasteiger partial charge in [0.15, 0.2) is 0 Å². The van der Waals surface area contributed by atoms with Crippen molar-refractivity contribution >= 4 is 5.78 Å². The summed E-state index contributed by atoms with van der Waals surface area (Å²) in [4.78, 5) is 15.1. The molecule has 1 unspecified atom stereocenters. The number of Topliss-reactive ketones (excluding diaryl/α,β-unsaturated/α-hetero) is 1. The van der Waals surface area contributed by atoms with Gasteiger partial charge in [-0.15, -0.1) is 0 Å². The van der Waals surface area contributed by atoms with Crippen molar-refractivity contribution in [2.45, 2.75) is 122 Å². The van der Waals surface area contributed by atoms with Crippen molar-refractivity contribution in [3.05, 3.63) is 22.8 Å². The van der Waals surface area contributed by atoms with Crippen LogP contribution in [0, 0.1) is 35.0 Å². The number of fused-ring (bicyclic) bond motifs is 6.